The first kappa shape index (κ1) is 9.73. The van der Waals surface area contributed by atoms with Gasteiger partial charge in [0, 0.05) is 5.92 Å². The maximum absolute atomic E-state index is 12.4. The average molecular weight is 176 g/mol. The number of aryl methyl sites for hydroxylation is 1. The Morgan fingerprint density at radius 3 is 2.77 bits per heavy atom. The lowest BCUT2D eigenvalue weighted by Crippen LogP contribution is -2.00. The van der Waals surface area contributed by atoms with Gasteiger partial charge in [0.1, 0.15) is 0 Å². The molecule has 0 atom stereocenters. The number of hydrogen-bond acceptors (Lipinski definition) is 1. The molecule has 0 fully saturated rings. The first-order valence-electron chi connectivity index (χ1n) is 4.08. The smallest absolute Gasteiger partial charge is 0.0998 e. The SMILES string of the molecule is C[C](CF)c1cc(C)ccc1C#N. The van der Waals surface area contributed by atoms with Gasteiger partial charge in [-0.05, 0) is 18.6 Å². The van der Waals surface area contributed by atoms with Crippen molar-refractivity contribution in [1.82, 2.24) is 0 Å². The van der Waals surface area contributed by atoms with E-state index in [4.69, 9.17) is 5.26 Å². The van der Waals surface area contributed by atoms with Gasteiger partial charge in [-0.1, -0.05) is 24.6 Å². The molecular formula is C11H11FN. The average Bonchev–Trinajstić information content (AvgIpc) is 2.16. The summed E-state index contributed by atoms with van der Waals surface area (Å²) in [6.45, 7) is 3.13. The number of rotatable bonds is 2. The molecule has 1 aromatic rings. The van der Waals surface area contributed by atoms with Crippen LogP contribution >= 0.6 is 0 Å². The van der Waals surface area contributed by atoms with Crippen molar-refractivity contribution >= 4 is 0 Å². The molecule has 1 rings (SSSR count). The molecule has 0 aliphatic carbocycles. The van der Waals surface area contributed by atoms with Gasteiger partial charge in [0.05, 0.1) is 18.3 Å². The molecular weight excluding hydrogens is 165 g/mol. The number of halogens is 1. The maximum atomic E-state index is 12.4. The Hall–Kier alpha value is -1.36. The Kier molecular flexibility index (Phi) is 3.02. The third-order valence-corrected chi connectivity index (χ3v) is 1.96. The summed E-state index contributed by atoms with van der Waals surface area (Å²) in [5.41, 5.74) is 2.31. The van der Waals surface area contributed by atoms with Crippen molar-refractivity contribution in [2.24, 2.45) is 0 Å². The van der Waals surface area contributed by atoms with E-state index in [1.807, 2.05) is 19.1 Å². The zero-order valence-corrected chi connectivity index (χ0v) is 7.76. The first-order valence-corrected chi connectivity index (χ1v) is 4.08. The van der Waals surface area contributed by atoms with Gasteiger partial charge in [0.2, 0.25) is 0 Å². The zero-order valence-electron chi connectivity index (χ0n) is 7.76. The first-order chi connectivity index (χ1) is 6.19. The van der Waals surface area contributed by atoms with Crippen molar-refractivity contribution in [3.63, 3.8) is 0 Å². The third kappa shape index (κ3) is 2.06. The summed E-state index contributed by atoms with van der Waals surface area (Å²) in [5.74, 6) is 0.611. The molecule has 2 heteroatoms. The quantitative estimate of drug-likeness (QED) is 0.679. The van der Waals surface area contributed by atoms with E-state index in [9.17, 15) is 4.39 Å². The summed E-state index contributed by atoms with van der Waals surface area (Å²) in [5, 5.41) is 8.77. The molecule has 0 aliphatic rings. The van der Waals surface area contributed by atoms with Crippen LogP contribution in [-0.2, 0) is 0 Å². The molecule has 0 bridgehead atoms. The number of hydrogen-bond donors (Lipinski definition) is 0. The third-order valence-electron chi connectivity index (χ3n) is 1.96. The minimum absolute atomic E-state index is 0.502. The molecule has 0 amide bonds. The second-order valence-electron chi connectivity index (χ2n) is 3.07. The van der Waals surface area contributed by atoms with E-state index in [1.165, 1.54) is 0 Å². The van der Waals surface area contributed by atoms with Crippen LogP contribution in [-0.4, -0.2) is 6.67 Å². The van der Waals surface area contributed by atoms with Crippen LogP contribution in [0.3, 0.4) is 0 Å². The molecule has 1 aromatic carbocycles. The molecule has 0 saturated carbocycles. The second-order valence-corrected chi connectivity index (χ2v) is 3.07. The molecule has 0 aromatic heterocycles. The molecule has 13 heavy (non-hydrogen) atoms. The van der Waals surface area contributed by atoms with Crippen molar-refractivity contribution < 1.29 is 4.39 Å². The number of nitrogens with zero attached hydrogens (tertiary/aromatic N) is 1. The maximum Gasteiger partial charge on any atom is 0.0998 e. The van der Waals surface area contributed by atoms with E-state index >= 15 is 0 Å². The van der Waals surface area contributed by atoms with Crippen molar-refractivity contribution in [2.75, 3.05) is 6.67 Å². The predicted molar refractivity (Wildman–Crippen MR) is 49.9 cm³/mol. The highest BCUT2D eigenvalue weighted by Crippen LogP contribution is 2.20. The lowest BCUT2D eigenvalue weighted by atomic mass is 9.95. The fourth-order valence-corrected chi connectivity index (χ4v) is 1.18. The number of alkyl halides is 1. The molecule has 0 unspecified atom stereocenters. The summed E-state index contributed by atoms with van der Waals surface area (Å²) in [6, 6.07) is 7.47. The van der Waals surface area contributed by atoms with Crippen molar-refractivity contribution in [1.29, 1.82) is 5.26 Å². The zero-order chi connectivity index (χ0) is 9.84. The van der Waals surface area contributed by atoms with Crippen molar-refractivity contribution in [3.8, 4) is 6.07 Å². The van der Waals surface area contributed by atoms with Crippen LogP contribution in [0.2, 0.25) is 0 Å². The fourth-order valence-electron chi connectivity index (χ4n) is 1.18. The Morgan fingerprint density at radius 1 is 1.54 bits per heavy atom. The van der Waals surface area contributed by atoms with Crippen LogP contribution in [0, 0.1) is 24.2 Å². The van der Waals surface area contributed by atoms with Gasteiger partial charge in [0.25, 0.3) is 0 Å². The lowest BCUT2D eigenvalue weighted by Gasteiger charge is -2.09. The van der Waals surface area contributed by atoms with Gasteiger partial charge < -0.3 is 0 Å². The van der Waals surface area contributed by atoms with Crippen LogP contribution in [0.1, 0.15) is 23.6 Å². The molecule has 0 spiro atoms. The van der Waals surface area contributed by atoms with E-state index in [2.05, 4.69) is 6.07 Å². The van der Waals surface area contributed by atoms with Gasteiger partial charge >= 0.3 is 0 Å². The normalized spacial score (nSPS) is 10.1. The van der Waals surface area contributed by atoms with Crippen LogP contribution in [0.25, 0.3) is 0 Å². The van der Waals surface area contributed by atoms with Crippen molar-refractivity contribution in [2.45, 2.75) is 13.8 Å². The van der Waals surface area contributed by atoms with Gasteiger partial charge in [-0.3, -0.25) is 4.39 Å². The Bertz CT molecular complexity index is 338. The van der Waals surface area contributed by atoms with E-state index in [0.717, 1.165) is 11.1 Å². The predicted octanol–water partition coefficient (Wildman–Crippen LogP) is 2.78. The van der Waals surface area contributed by atoms with Crippen LogP contribution in [0.4, 0.5) is 4.39 Å². The highest BCUT2D eigenvalue weighted by atomic mass is 19.1. The van der Waals surface area contributed by atoms with Gasteiger partial charge in [-0.2, -0.15) is 5.26 Å². The minimum atomic E-state index is -0.502. The Labute approximate surface area is 77.8 Å². The molecule has 1 radical (unpaired) electrons. The molecule has 0 saturated heterocycles. The summed E-state index contributed by atoms with van der Waals surface area (Å²) in [4.78, 5) is 0. The van der Waals surface area contributed by atoms with E-state index in [1.54, 1.807) is 13.0 Å². The lowest BCUT2D eigenvalue weighted by molar-refractivity contribution is 0.516. The number of benzene rings is 1. The number of nitriles is 1. The molecule has 0 N–H and O–H groups in total. The van der Waals surface area contributed by atoms with Crippen LogP contribution < -0.4 is 0 Å². The summed E-state index contributed by atoms with van der Waals surface area (Å²) < 4.78 is 12.4. The summed E-state index contributed by atoms with van der Waals surface area (Å²) >= 11 is 0. The Morgan fingerprint density at radius 2 is 2.23 bits per heavy atom. The fraction of sp³-hybridized carbons (Fsp3) is 0.273. The second kappa shape index (κ2) is 4.04. The monoisotopic (exact) mass is 176 g/mol. The van der Waals surface area contributed by atoms with Crippen molar-refractivity contribution in [3.05, 3.63) is 40.8 Å². The van der Waals surface area contributed by atoms with Gasteiger partial charge in [0.15, 0.2) is 0 Å². The Balaban J connectivity index is 3.17. The summed E-state index contributed by atoms with van der Waals surface area (Å²) in [6.07, 6.45) is 0. The van der Waals surface area contributed by atoms with E-state index in [-0.39, 0.29) is 0 Å². The standard InChI is InChI=1S/C11H11FN/c1-8-3-4-10(7-13)11(5-8)9(2)6-12/h3-5H,6H2,1-2H3. The molecule has 1 nitrogen and oxygen atoms in total. The largest absolute Gasteiger partial charge is 0.250 e. The highest BCUT2D eigenvalue weighted by Gasteiger charge is 2.10. The molecule has 0 heterocycles. The van der Waals surface area contributed by atoms with E-state index in [0.29, 0.717) is 11.5 Å². The minimum Gasteiger partial charge on any atom is -0.250 e. The van der Waals surface area contributed by atoms with Crippen LogP contribution in [0.15, 0.2) is 18.2 Å². The topological polar surface area (TPSA) is 23.8 Å². The van der Waals surface area contributed by atoms with Gasteiger partial charge in [-0.25, -0.2) is 0 Å². The highest BCUT2D eigenvalue weighted by molar-refractivity contribution is 5.47. The van der Waals surface area contributed by atoms with E-state index < -0.39 is 6.67 Å². The molecule has 0 aliphatic heterocycles. The van der Waals surface area contributed by atoms with Crippen LogP contribution in [0.5, 0.6) is 0 Å². The summed E-state index contributed by atoms with van der Waals surface area (Å²) in [7, 11) is 0. The molecule has 67 valence electrons. The van der Waals surface area contributed by atoms with Gasteiger partial charge in [-0.15, -0.1) is 0 Å².